The summed E-state index contributed by atoms with van der Waals surface area (Å²) in [6.45, 7) is 1.15. The van der Waals surface area contributed by atoms with Gasteiger partial charge in [-0.15, -0.1) is 0 Å². The van der Waals surface area contributed by atoms with E-state index in [0.717, 1.165) is 25.7 Å². The summed E-state index contributed by atoms with van der Waals surface area (Å²) < 4.78 is 20.3. The second kappa shape index (κ2) is 11.5. The number of benzene rings is 1. The lowest BCUT2D eigenvalue weighted by molar-refractivity contribution is -0.137. The molecule has 0 unspecified atom stereocenters. The molecule has 1 aromatic carbocycles. The van der Waals surface area contributed by atoms with Crippen molar-refractivity contribution in [2.45, 2.75) is 62.7 Å². The van der Waals surface area contributed by atoms with Crippen LogP contribution in [0.4, 0.5) is 20.7 Å². The molecule has 2 aliphatic heterocycles. The maximum Gasteiger partial charge on any atom is 0.321 e. The number of likely N-dealkylation sites (tertiary alicyclic amines) is 1. The topological polar surface area (TPSA) is 181 Å². The number of amides is 3. The fourth-order valence-electron chi connectivity index (χ4n) is 5.15. The Balaban J connectivity index is 1.08. The van der Waals surface area contributed by atoms with Crippen LogP contribution in [0.1, 0.15) is 44.2 Å². The third-order valence-electron chi connectivity index (χ3n) is 7.73. The summed E-state index contributed by atoms with van der Waals surface area (Å²) in [5, 5.41) is 26.7. The minimum atomic E-state index is -1.43. The first kappa shape index (κ1) is 27.8. The molecule has 1 aliphatic carbocycles. The number of ether oxygens (including phenoxy) is 1. The molecule has 42 heavy (non-hydrogen) atoms. The standard InChI is InChI=1S/C28H31FN8O5/c29-16-4-6-18(7-5-16)33-28(41)36-12-10-15(11-13-36)2-1-3-19-34-24(30)20-25(35-19)37(14-31-20)27-22(39)21(38)23(42-27)26(40)32-17-8-9-17/h4-7,14-15,17,21-23,27,38-39H,2,8-13H2,(H,32,40)(H,33,41)(H2,30,34,35)/t21-,22+,23-,27+/m0/s1. The van der Waals surface area contributed by atoms with Gasteiger partial charge in [0.15, 0.2) is 23.8 Å². The second-order valence-corrected chi connectivity index (χ2v) is 10.8. The molecule has 14 heteroatoms. The number of nitrogens with zero attached hydrogens (tertiary/aromatic N) is 5. The van der Waals surface area contributed by atoms with Gasteiger partial charge < -0.3 is 36.2 Å². The van der Waals surface area contributed by atoms with E-state index in [0.29, 0.717) is 25.2 Å². The van der Waals surface area contributed by atoms with Gasteiger partial charge in [0, 0.05) is 31.2 Å². The molecule has 220 valence electrons. The van der Waals surface area contributed by atoms with Crippen LogP contribution in [0.2, 0.25) is 0 Å². The van der Waals surface area contributed by atoms with Crippen molar-refractivity contribution in [3.8, 4) is 11.8 Å². The predicted octanol–water partition coefficient (Wildman–Crippen LogP) is 1.13. The fourth-order valence-corrected chi connectivity index (χ4v) is 5.15. The molecule has 2 aromatic heterocycles. The summed E-state index contributed by atoms with van der Waals surface area (Å²) >= 11 is 0. The number of nitrogens with two attached hydrogens (primary N) is 1. The van der Waals surface area contributed by atoms with E-state index in [2.05, 4.69) is 37.4 Å². The van der Waals surface area contributed by atoms with Crippen LogP contribution in [0.25, 0.3) is 11.2 Å². The van der Waals surface area contributed by atoms with E-state index in [1.807, 2.05) is 0 Å². The average molecular weight is 579 g/mol. The van der Waals surface area contributed by atoms with Crippen molar-refractivity contribution in [2.24, 2.45) is 5.92 Å². The number of carbonyl (C=O) groups excluding carboxylic acids is 2. The van der Waals surface area contributed by atoms with E-state index in [1.54, 1.807) is 4.90 Å². The Morgan fingerprint density at radius 1 is 1.10 bits per heavy atom. The fraction of sp³-hybridized carbons (Fsp3) is 0.464. The van der Waals surface area contributed by atoms with Crippen LogP contribution in [-0.4, -0.2) is 84.0 Å². The number of rotatable bonds is 5. The van der Waals surface area contributed by atoms with Crippen LogP contribution in [0.15, 0.2) is 30.6 Å². The SMILES string of the molecule is Nc1nc(C#CCC2CCN(C(=O)Nc3ccc(F)cc3)CC2)nc2c1ncn2[C@@H]1O[C@H](C(=O)NC2CC2)[C@@H](O)[C@H]1O. The van der Waals surface area contributed by atoms with Crippen LogP contribution >= 0.6 is 0 Å². The minimum absolute atomic E-state index is 0.0760. The van der Waals surface area contributed by atoms with Crippen LogP contribution in [-0.2, 0) is 9.53 Å². The number of nitrogens with one attached hydrogen (secondary N) is 2. The Bertz CT molecular complexity index is 1540. The van der Waals surface area contributed by atoms with Crippen LogP contribution < -0.4 is 16.4 Å². The van der Waals surface area contributed by atoms with Gasteiger partial charge in [0.05, 0.1) is 6.33 Å². The Kier molecular flexibility index (Phi) is 7.63. The van der Waals surface area contributed by atoms with Crippen LogP contribution in [0, 0.1) is 23.6 Å². The Labute approximate surface area is 240 Å². The molecule has 3 aliphatic rings. The number of hydrogen-bond acceptors (Lipinski definition) is 9. The smallest absolute Gasteiger partial charge is 0.321 e. The monoisotopic (exact) mass is 578 g/mol. The third kappa shape index (κ3) is 5.85. The van der Waals surface area contributed by atoms with Crippen molar-refractivity contribution >= 4 is 34.6 Å². The molecule has 6 rings (SSSR count). The summed E-state index contributed by atoms with van der Waals surface area (Å²) in [4.78, 5) is 39.7. The zero-order valence-electron chi connectivity index (χ0n) is 22.6. The van der Waals surface area contributed by atoms with Crippen molar-refractivity contribution in [2.75, 3.05) is 24.1 Å². The summed E-state index contributed by atoms with van der Waals surface area (Å²) in [6.07, 6.45) is 0.0737. The number of imidazole rings is 1. The Hall–Kier alpha value is -4.32. The molecule has 6 N–H and O–H groups in total. The highest BCUT2D eigenvalue weighted by atomic mass is 19.1. The lowest BCUT2D eigenvalue weighted by Gasteiger charge is -2.31. The lowest BCUT2D eigenvalue weighted by Crippen LogP contribution is -2.43. The summed E-state index contributed by atoms with van der Waals surface area (Å²) in [5.74, 6) is 5.75. The van der Waals surface area contributed by atoms with E-state index in [-0.39, 0.29) is 46.6 Å². The van der Waals surface area contributed by atoms with Gasteiger partial charge >= 0.3 is 6.03 Å². The molecular formula is C28H31FN8O5. The Morgan fingerprint density at radius 3 is 2.55 bits per heavy atom. The second-order valence-electron chi connectivity index (χ2n) is 10.8. The van der Waals surface area contributed by atoms with Gasteiger partial charge in [-0.2, -0.15) is 0 Å². The highest BCUT2D eigenvalue weighted by Crippen LogP contribution is 2.33. The molecule has 13 nitrogen and oxygen atoms in total. The van der Waals surface area contributed by atoms with Crippen LogP contribution in [0.5, 0.6) is 0 Å². The van der Waals surface area contributed by atoms with Gasteiger partial charge in [0.1, 0.15) is 23.5 Å². The van der Waals surface area contributed by atoms with Crippen LogP contribution in [0.3, 0.4) is 0 Å². The number of halogens is 1. The number of nitrogen functional groups attached to an aromatic ring is 1. The number of hydrogen-bond donors (Lipinski definition) is 5. The van der Waals surface area contributed by atoms with Gasteiger partial charge in [-0.1, -0.05) is 5.92 Å². The number of carbonyl (C=O) groups is 2. The molecule has 2 saturated heterocycles. The van der Waals surface area contributed by atoms with E-state index in [4.69, 9.17) is 10.5 Å². The molecule has 3 aromatic rings. The number of aliphatic hydroxyl groups excluding tert-OH is 2. The number of fused-ring (bicyclic) bond motifs is 1. The molecule has 3 fully saturated rings. The van der Waals surface area contributed by atoms with Gasteiger partial charge in [0.2, 0.25) is 5.82 Å². The van der Waals surface area contributed by atoms with E-state index in [1.165, 1.54) is 35.2 Å². The third-order valence-corrected chi connectivity index (χ3v) is 7.73. The molecule has 0 radical (unpaired) electrons. The van der Waals surface area contributed by atoms with E-state index >= 15 is 0 Å². The van der Waals surface area contributed by atoms with E-state index in [9.17, 15) is 24.2 Å². The number of anilines is 2. The van der Waals surface area contributed by atoms with Crippen molar-refractivity contribution in [1.82, 2.24) is 29.7 Å². The molecule has 1 saturated carbocycles. The molecule has 0 bridgehead atoms. The van der Waals surface area contributed by atoms with Crippen molar-refractivity contribution < 1.29 is 28.9 Å². The largest absolute Gasteiger partial charge is 0.387 e. The zero-order chi connectivity index (χ0) is 29.4. The van der Waals surface area contributed by atoms with Gasteiger partial charge in [0.25, 0.3) is 5.91 Å². The first-order valence-electron chi connectivity index (χ1n) is 13.9. The number of urea groups is 1. The predicted molar refractivity (Wildman–Crippen MR) is 148 cm³/mol. The molecule has 3 amide bonds. The minimum Gasteiger partial charge on any atom is -0.387 e. The maximum absolute atomic E-state index is 13.1. The first-order valence-corrected chi connectivity index (χ1v) is 13.9. The zero-order valence-corrected chi connectivity index (χ0v) is 22.6. The van der Waals surface area contributed by atoms with Crippen molar-refractivity contribution in [1.29, 1.82) is 0 Å². The summed E-state index contributed by atoms with van der Waals surface area (Å²) in [5.41, 5.74) is 7.19. The van der Waals surface area contributed by atoms with Crippen molar-refractivity contribution in [3.63, 3.8) is 0 Å². The Morgan fingerprint density at radius 2 is 1.83 bits per heavy atom. The maximum atomic E-state index is 13.1. The van der Waals surface area contributed by atoms with Crippen molar-refractivity contribution in [3.05, 3.63) is 42.2 Å². The molecule has 0 spiro atoms. The van der Waals surface area contributed by atoms with Gasteiger partial charge in [-0.05, 0) is 61.8 Å². The van der Waals surface area contributed by atoms with Gasteiger partial charge in [-0.3, -0.25) is 9.36 Å². The molecule has 4 heterocycles. The molecule has 4 atom stereocenters. The number of piperidine rings is 1. The summed E-state index contributed by atoms with van der Waals surface area (Å²) in [7, 11) is 0. The lowest BCUT2D eigenvalue weighted by atomic mass is 9.94. The quantitative estimate of drug-likeness (QED) is 0.277. The normalized spacial score (nSPS) is 24.3. The number of aromatic nitrogens is 4. The molecular weight excluding hydrogens is 547 g/mol. The summed E-state index contributed by atoms with van der Waals surface area (Å²) in [6, 6.07) is 5.49. The highest BCUT2D eigenvalue weighted by molar-refractivity contribution is 5.89. The average Bonchev–Trinajstić information content (AvgIpc) is 3.61. The first-order chi connectivity index (χ1) is 20.3. The number of aliphatic hydroxyl groups is 2. The van der Waals surface area contributed by atoms with Gasteiger partial charge in [-0.25, -0.2) is 24.1 Å². The highest BCUT2D eigenvalue weighted by Gasteiger charge is 2.48. The van der Waals surface area contributed by atoms with E-state index < -0.39 is 30.4 Å².